The Balaban J connectivity index is 1.89. The van der Waals surface area contributed by atoms with Crippen molar-refractivity contribution in [3.05, 3.63) is 96.1 Å². The largest absolute Gasteiger partial charge is 0.456 e. The van der Waals surface area contributed by atoms with Crippen LogP contribution in [-0.2, 0) is 0 Å². The van der Waals surface area contributed by atoms with E-state index in [1.54, 1.807) is 0 Å². The molecule has 0 atom stereocenters. The Morgan fingerprint density at radius 2 is 0.897 bits per heavy atom. The highest BCUT2D eigenvalue weighted by Crippen LogP contribution is 2.44. The van der Waals surface area contributed by atoms with Crippen LogP contribution in [0.2, 0.25) is 0 Å². The summed E-state index contributed by atoms with van der Waals surface area (Å²) in [7, 11) is 0. The van der Waals surface area contributed by atoms with E-state index in [0.717, 1.165) is 44.8 Å². The van der Waals surface area contributed by atoms with Crippen molar-refractivity contribution in [2.45, 2.75) is 13.8 Å². The zero-order valence-corrected chi connectivity index (χ0v) is 16.6. The highest BCUT2D eigenvalue weighted by molar-refractivity contribution is 5.87. The van der Waals surface area contributed by atoms with Gasteiger partial charge in [0.05, 0.1) is 0 Å². The van der Waals surface area contributed by atoms with Crippen molar-refractivity contribution >= 4 is 11.4 Å². The van der Waals surface area contributed by atoms with Gasteiger partial charge in [-0.25, -0.2) is 0 Å². The quantitative estimate of drug-likeness (QED) is 0.392. The molecule has 0 saturated heterocycles. The normalized spacial score (nSPS) is 10.7. The monoisotopic (exact) mass is 380 g/mol. The highest BCUT2D eigenvalue weighted by Gasteiger charge is 2.17. The van der Waals surface area contributed by atoms with Gasteiger partial charge >= 0.3 is 0 Å². The van der Waals surface area contributed by atoms with E-state index in [0.29, 0.717) is 11.5 Å². The molecule has 0 fully saturated rings. The van der Waals surface area contributed by atoms with E-state index in [1.807, 2.05) is 98.8 Å². The van der Waals surface area contributed by atoms with Gasteiger partial charge in [0.15, 0.2) is 0 Å². The number of anilines is 2. The minimum absolute atomic E-state index is 0.708. The van der Waals surface area contributed by atoms with E-state index in [1.165, 1.54) is 0 Å². The van der Waals surface area contributed by atoms with Crippen LogP contribution in [0.15, 0.2) is 84.9 Å². The van der Waals surface area contributed by atoms with Crippen LogP contribution in [0.3, 0.4) is 0 Å². The smallest absolute Gasteiger partial charge is 0.137 e. The van der Waals surface area contributed by atoms with Crippen LogP contribution >= 0.6 is 0 Å². The lowest BCUT2D eigenvalue weighted by Gasteiger charge is -2.19. The van der Waals surface area contributed by atoms with E-state index < -0.39 is 0 Å². The topological polar surface area (TPSA) is 61.3 Å². The van der Waals surface area contributed by atoms with Crippen molar-refractivity contribution in [1.29, 1.82) is 0 Å². The third kappa shape index (κ3) is 3.55. The second-order valence-corrected chi connectivity index (χ2v) is 7.17. The fraction of sp³-hybridized carbons (Fsp3) is 0.0769. The summed E-state index contributed by atoms with van der Waals surface area (Å²) in [6.07, 6.45) is 0. The number of ether oxygens (including phenoxy) is 1. The van der Waals surface area contributed by atoms with Gasteiger partial charge in [-0.3, -0.25) is 0 Å². The number of hydrogen-bond donors (Lipinski definition) is 2. The average Bonchev–Trinajstić information content (AvgIpc) is 2.75. The van der Waals surface area contributed by atoms with Crippen molar-refractivity contribution in [3.8, 4) is 33.8 Å². The zero-order chi connectivity index (χ0) is 20.4. The van der Waals surface area contributed by atoms with Crippen molar-refractivity contribution < 1.29 is 4.74 Å². The van der Waals surface area contributed by atoms with E-state index in [-0.39, 0.29) is 0 Å². The van der Waals surface area contributed by atoms with Crippen LogP contribution in [0.4, 0.5) is 11.4 Å². The molecule has 0 aliphatic carbocycles. The molecule has 0 aromatic heterocycles. The molecular formula is C26H24N2O. The number of nitrogen functional groups attached to an aromatic ring is 2. The molecule has 0 saturated carbocycles. The zero-order valence-electron chi connectivity index (χ0n) is 16.6. The Bertz CT molecular complexity index is 1060. The standard InChI is InChI=1S/C26H24N2O/c1-17-13-15-21(23(25(17)27)19-9-5-3-6-10-19)29-22-16-14-18(2)26(28)24(22)20-11-7-4-8-12-20/h3-16H,27-28H2,1-2H3. The maximum Gasteiger partial charge on any atom is 0.137 e. The number of hydrogen-bond acceptors (Lipinski definition) is 3. The second kappa shape index (κ2) is 7.72. The first kappa shape index (κ1) is 18.6. The predicted octanol–water partition coefficient (Wildman–Crippen LogP) is 6.59. The van der Waals surface area contributed by atoms with Gasteiger partial charge in [0.25, 0.3) is 0 Å². The summed E-state index contributed by atoms with van der Waals surface area (Å²) in [5.74, 6) is 1.42. The molecule has 0 aliphatic heterocycles. The molecular weight excluding hydrogens is 356 g/mol. The van der Waals surface area contributed by atoms with Gasteiger partial charge in [0.2, 0.25) is 0 Å². The minimum Gasteiger partial charge on any atom is -0.456 e. The van der Waals surface area contributed by atoms with Crippen molar-refractivity contribution in [3.63, 3.8) is 0 Å². The minimum atomic E-state index is 0.708. The van der Waals surface area contributed by atoms with Gasteiger partial charge in [-0.2, -0.15) is 0 Å². The molecule has 0 spiro atoms. The number of benzene rings is 4. The van der Waals surface area contributed by atoms with Crippen LogP contribution in [-0.4, -0.2) is 0 Å². The van der Waals surface area contributed by atoms with Crippen molar-refractivity contribution in [2.75, 3.05) is 11.5 Å². The fourth-order valence-corrected chi connectivity index (χ4v) is 3.50. The number of aryl methyl sites for hydroxylation is 2. The van der Waals surface area contributed by atoms with Crippen LogP contribution in [0.5, 0.6) is 11.5 Å². The molecule has 0 amide bonds. The molecule has 0 heterocycles. The number of nitrogens with two attached hydrogens (primary N) is 2. The van der Waals surface area contributed by atoms with Gasteiger partial charge in [0, 0.05) is 22.5 Å². The average molecular weight is 380 g/mol. The molecule has 3 heteroatoms. The van der Waals surface area contributed by atoms with E-state index >= 15 is 0 Å². The van der Waals surface area contributed by atoms with Gasteiger partial charge in [-0.05, 0) is 48.2 Å². The first-order valence-electron chi connectivity index (χ1n) is 9.63. The van der Waals surface area contributed by atoms with E-state index in [4.69, 9.17) is 16.2 Å². The summed E-state index contributed by atoms with van der Waals surface area (Å²) in [4.78, 5) is 0. The third-order valence-electron chi connectivity index (χ3n) is 5.20. The molecule has 144 valence electrons. The fourth-order valence-electron chi connectivity index (χ4n) is 3.50. The summed E-state index contributed by atoms with van der Waals surface area (Å²) in [5, 5.41) is 0. The lowest BCUT2D eigenvalue weighted by atomic mass is 9.98. The Morgan fingerprint density at radius 3 is 1.28 bits per heavy atom. The van der Waals surface area contributed by atoms with Crippen LogP contribution in [0.1, 0.15) is 11.1 Å². The first-order valence-corrected chi connectivity index (χ1v) is 9.63. The van der Waals surface area contributed by atoms with E-state index in [9.17, 15) is 0 Å². The number of rotatable bonds is 4. The second-order valence-electron chi connectivity index (χ2n) is 7.17. The first-order chi connectivity index (χ1) is 14.1. The van der Waals surface area contributed by atoms with Crippen molar-refractivity contribution in [1.82, 2.24) is 0 Å². The summed E-state index contributed by atoms with van der Waals surface area (Å²) >= 11 is 0. The highest BCUT2D eigenvalue weighted by atomic mass is 16.5. The summed E-state index contributed by atoms with van der Waals surface area (Å²) in [5.41, 5.74) is 20.2. The molecule has 4 rings (SSSR count). The molecule has 4 aromatic rings. The van der Waals surface area contributed by atoms with Gasteiger partial charge in [-0.15, -0.1) is 0 Å². The predicted molar refractivity (Wildman–Crippen MR) is 122 cm³/mol. The maximum atomic E-state index is 6.47. The molecule has 0 radical (unpaired) electrons. The van der Waals surface area contributed by atoms with Gasteiger partial charge in [0.1, 0.15) is 11.5 Å². The third-order valence-corrected chi connectivity index (χ3v) is 5.20. The van der Waals surface area contributed by atoms with Crippen molar-refractivity contribution in [2.24, 2.45) is 0 Å². The van der Waals surface area contributed by atoms with Crippen LogP contribution < -0.4 is 16.2 Å². The lowest BCUT2D eigenvalue weighted by molar-refractivity contribution is 0.486. The molecule has 0 aliphatic rings. The van der Waals surface area contributed by atoms with Gasteiger partial charge < -0.3 is 16.2 Å². The Labute approximate surface area is 171 Å². The Hall–Kier alpha value is -3.72. The molecule has 3 nitrogen and oxygen atoms in total. The van der Waals surface area contributed by atoms with Gasteiger partial charge in [-0.1, -0.05) is 72.8 Å². The summed E-state index contributed by atoms with van der Waals surface area (Å²) < 4.78 is 6.46. The molecule has 0 unspecified atom stereocenters. The van der Waals surface area contributed by atoms with Crippen LogP contribution in [0.25, 0.3) is 22.3 Å². The summed E-state index contributed by atoms with van der Waals surface area (Å²) in [6.45, 7) is 4.01. The molecule has 29 heavy (non-hydrogen) atoms. The molecule has 4 aromatic carbocycles. The molecule has 0 bridgehead atoms. The van der Waals surface area contributed by atoms with Crippen LogP contribution in [0, 0.1) is 13.8 Å². The summed E-state index contributed by atoms with van der Waals surface area (Å²) in [6, 6.07) is 28.1. The Morgan fingerprint density at radius 1 is 0.517 bits per heavy atom. The van der Waals surface area contributed by atoms with E-state index in [2.05, 4.69) is 0 Å². The maximum absolute atomic E-state index is 6.47. The lowest BCUT2D eigenvalue weighted by Crippen LogP contribution is -2.00. The SMILES string of the molecule is Cc1ccc(Oc2ccc(C)c(N)c2-c2ccccc2)c(-c2ccccc2)c1N. The molecule has 4 N–H and O–H groups in total. The Kier molecular flexibility index (Phi) is 4.96.